The van der Waals surface area contributed by atoms with Crippen LogP contribution in [0.3, 0.4) is 0 Å². The van der Waals surface area contributed by atoms with Gasteiger partial charge >= 0.3 is 11.9 Å². The van der Waals surface area contributed by atoms with Crippen molar-refractivity contribution in [2.24, 2.45) is 0 Å². The Kier molecular flexibility index (Phi) is 7.21. The lowest BCUT2D eigenvalue weighted by atomic mass is 10.2. The lowest BCUT2D eigenvalue weighted by molar-refractivity contribution is -0.143. The van der Waals surface area contributed by atoms with Gasteiger partial charge in [-0.3, -0.25) is 4.79 Å². The minimum absolute atomic E-state index is 0.0963. The molecule has 0 radical (unpaired) electrons. The number of halogens is 1. The highest BCUT2D eigenvalue weighted by Gasteiger charge is 2.09. The first-order valence-corrected chi connectivity index (χ1v) is 6.91. The molecule has 0 spiro atoms. The molecule has 0 saturated heterocycles. The Hall–Kier alpha value is -2.11. The zero-order chi connectivity index (χ0) is 15.7. The topological polar surface area (TPSA) is 78.6 Å². The second-order valence-corrected chi connectivity index (χ2v) is 4.52. The number of hydrogen-bond donors (Lipinski definition) is 1. The summed E-state index contributed by atoms with van der Waals surface area (Å²) in [7, 11) is 0. The summed E-state index contributed by atoms with van der Waals surface area (Å²) in [5, 5.41) is 0. The average Bonchev–Trinajstić information content (AvgIpc) is 2.41. The minimum atomic E-state index is -0.605. The highest BCUT2D eigenvalue weighted by atomic mass is 19.1. The summed E-state index contributed by atoms with van der Waals surface area (Å²) in [5.41, 5.74) is 5.73. The molecule has 21 heavy (non-hydrogen) atoms. The zero-order valence-corrected chi connectivity index (χ0v) is 12.1. The van der Waals surface area contributed by atoms with Crippen molar-refractivity contribution >= 4 is 17.6 Å². The smallest absolute Gasteiger partial charge is 0.338 e. The van der Waals surface area contributed by atoms with Crippen LogP contribution < -0.4 is 5.73 Å². The third kappa shape index (κ3) is 6.74. The van der Waals surface area contributed by atoms with E-state index >= 15 is 0 Å². The van der Waals surface area contributed by atoms with Crippen molar-refractivity contribution in [2.75, 3.05) is 18.9 Å². The van der Waals surface area contributed by atoms with Crippen molar-refractivity contribution in [3.05, 3.63) is 29.6 Å². The zero-order valence-electron chi connectivity index (χ0n) is 12.1. The molecule has 0 aliphatic heterocycles. The first-order valence-electron chi connectivity index (χ1n) is 6.91. The number of esters is 2. The molecule has 2 N–H and O–H groups in total. The summed E-state index contributed by atoms with van der Waals surface area (Å²) >= 11 is 0. The highest BCUT2D eigenvalue weighted by molar-refractivity contribution is 5.90. The summed E-state index contributed by atoms with van der Waals surface area (Å²) < 4.78 is 22.9. The van der Waals surface area contributed by atoms with Crippen LogP contribution in [-0.2, 0) is 14.3 Å². The summed E-state index contributed by atoms with van der Waals surface area (Å²) in [6, 6.07) is 3.58. The van der Waals surface area contributed by atoms with E-state index in [1.807, 2.05) is 0 Å². The van der Waals surface area contributed by atoms with Crippen LogP contribution in [0.5, 0.6) is 0 Å². The van der Waals surface area contributed by atoms with Crippen molar-refractivity contribution in [1.82, 2.24) is 0 Å². The van der Waals surface area contributed by atoms with Gasteiger partial charge in [-0.15, -0.1) is 0 Å². The van der Waals surface area contributed by atoms with Crippen LogP contribution in [0.1, 0.15) is 43.0 Å². The van der Waals surface area contributed by atoms with E-state index in [2.05, 4.69) is 0 Å². The van der Waals surface area contributed by atoms with Gasteiger partial charge in [0.15, 0.2) is 0 Å². The first-order chi connectivity index (χ1) is 10.0. The molecule has 5 nitrogen and oxygen atoms in total. The van der Waals surface area contributed by atoms with Gasteiger partial charge in [0.2, 0.25) is 0 Å². The van der Waals surface area contributed by atoms with Gasteiger partial charge in [0, 0.05) is 12.1 Å². The first kappa shape index (κ1) is 16.9. The van der Waals surface area contributed by atoms with Crippen LogP contribution in [-0.4, -0.2) is 25.2 Å². The molecule has 0 saturated carbocycles. The van der Waals surface area contributed by atoms with Gasteiger partial charge in [-0.2, -0.15) is 0 Å². The monoisotopic (exact) mass is 297 g/mol. The van der Waals surface area contributed by atoms with E-state index in [4.69, 9.17) is 15.2 Å². The quantitative estimate of drug-likeness (QED) is 0.453. The molecular weight excluding hydrogens is 277 g/mol. The Balaban J connectivity index is 2.20. The maximum absolute atomic E-state index is 13.1. The molecule has 0 heterocycles. The molecule has 6 heteroatoms. The number of unbranched alkanes of at least 4 members (excludes halogenated alkanes) is 2. The summed E-state index contributed by atoms with van der Waals surface area (Å²) in [6.07, 6.45) is 2.43. The van der Waals surface area contributed by atoms with Crippen LogP contribution in [0, 0.1) is 5.82 Å². The molecule has 0 aliphatic rings. The number of carbonyl (C=O) groups is 2. The normalized spacial score (nSPS) is 10.2. The van der Waals surface area contributed by atoms with E-state index in [-0.39, 0.29) is 23.8 Å². The summed E-state index contributed by atoms with van der Waals surface area (Å²) in [4.78, 5) is 22.7. The number of nitrogens with two attached hydrogens (primary N) is 1. The predicted molar refractivity (Wildman–Crippen MR) is 76.2 cm³/mol. The molecule has 0 unspecified atom stereocenters. The van der Waals surface area contributed by atoms with Gasteiger partial charge in [-0.1, -0.05) is 0 Å². The van der Waals surface area contributed by atoms with Crippen LogP contribution in [0.15, 0.2) is 18.2 Å². The number of rotatable bonds is 8. The third-order valence-corrected chi connectivity index (χ3v) is 2.72. The molecule has 1 rings (SSSR count). The van der Waals surface area contributed by atoms with E-state index in [9.17, 15) is 14.0 Å². The summed E-state index contributed by atoms with van der Waals surface area (Å²) in [6.45, 7) is 2.36. The Labute approximate surface area is 123 Å². The lowest BCUT2D eigenvalue weighted by Gasteiger charge is -2.06. The Morgan fingerprint density at radius 1 is 1.14 bits per heavy atom. The number of benzene rings is 1. The second-order valence-electron chi connectivity index (χ2n) is 4.52. The van der Waals surface area contributed by atoms with Crippen molar-refractivity contribution < 1.29 is 23.5 Å². The number of carbonyl (C=O) groups excluding carboxylic acids is 2. The molecule has 0 aromatic heterocycles. The van der Waals surface area contributed by atoms with Gasteiger partial charge in [0.05, 0.1) is 18.8 Å². The summed E-state index contributed by atoms with van der Waals surface area (Å²) in [5.74, 6) is -1.40. The third-order valence-electron chi connectivity index (χ3n) is 2.72. The fourth-order valence-corrected chi connectivity index (χ4v) is 1.76. The van der Waals surface area contributed by atoms with Gasteiger partial charge < -0.3 is 15.2 Å². The van der Waals surface area contributed by atoms with Crippen LogP contribution in [0.4, 0.5) is 10.1 Å². The van der Waals surface area contributed by atoms with Crippen LogP contribution >= 0.6 is 0 Å². The van der Waals surface area contributed by atoms with E-state index in [1.165, 1.54) is 6.07 Å². The molecule has 1 aromatic rings. The standard InChI is InChI=1S/C15H20FNO4/c1-2-20-14(18)6-4-3-5-7-21-15(19)11-8-12(16)10-13(17)9-11/h8-10H,2-7,17H2,1H3. The largest absolute Gasteiger partial charge is 0.466 e. The Morgan fingerprint density at radius 3 is 2.57 bits per heavy atom. The van der Waals surface area contributed by atoms with Crippen molar-refractivity contribution in [3.63, 3.8) is 0 Å². The van der Waals surface area contributed by atoms with Crippen LogP contribution in [0.2, 0.25) is 0 Å². The van der Waals surface area contributed by atoms with Gasteiger partial charge in [-0.05, 0) is 44.4 Å². The SMILES string of the molecule is CCOC(=O)CCCCCOC(=O)c1cc(N)cc(F)c1. The van der Waals surface area contributed by atoms with Gasteiger partial charge in [-0.25, -0.2) is 9.18 Å². The predicted octanol–water partition coefficient (Wildman–Crippen LogP) is 2.69. The number of hydrogen-bond acceptors (Lipinski definition) is 5. The molecule has 0 bridgehead atoms. The number of nitrogen functional groups attached to an aromatic ring is 1. The number of anilines is 1. The van der Waals surface area contributed by atoms with E-state index in [1.54, 1.807) is 6.92 Å². The fourth-order valence-electron chi connectivity index (χ4n) is 1.76. The molecule has 116 valence electrons. The van der Waals surface area contributed by atoms with Crippen molar-refractivity contribution in [3.8, 4) is 0 Å². The Morgan fingerprint density at radius 2 is 1.90 bits per heavy atom. The molecule has 1 aromatic carbocycles. The fraction of sp³-hybridized carbons (Fsp3) is 0.467. The minimum Gasteiger partial charge on any atom is -0.466 e. The van der Waals surface area contributed by atoms with Crippen LogP contribution in [0.25, 0.3) is 0 Å². The molecular formula is C15H20FNO4. The van der Waals surface area contributed by atoms with Crippen molar-refractivity contribution in [2.45, 2.75) is 32.6 Å². The lowest BCUT2D eigenvalue weighted by Crippen LogP contribution is -2.08. The molecule has 0 amide bonds. The maximum atomic E-state index is 13.1. The van der Waals surface area contributed by atoms with Gasteiger partial charge in [0.25, 0.3) is 0 Å². The van der Waals surface area contributed by atoms with E-state index < -0.39 is 11.8 Å². The molecule has 0 fully saturated rings. The highest BCUT2D eigenvalue weighted by Crippen LogP contribution is 2.12. The van der Waals surface area contributed by atoms with E-state index in [0.29, 0.717) is 25.9 Å². The van der Waals surface area contributed by atoms with Gasteiger partial charge in [0.1, 0.15) is 5.82 Å². The van der Waals surface area contributed by atoms with Crippen molar-refractivity contribution in [1.29, 1.82) is 0 Å². The average molecular weight is 297 g/mol. The maximum Gasteiger partial charge on any atom is 0.338 e. The molecule has 0 aliphatic carbocycles. The molecule has 0 atom stereocenters. The number of ether oxygens (including phenoxy) is 2. The Bertz CT molecular complexity index is 470. The second kappa shape index (κ2) is 8.94. The van der Waals surface area contributed by atoms with E-state index in [0.717, 1.165) is 18.6 Å².